The molecule has 1 saturated carbocycles. The molecule has 0 amide bonds. The van der Waals surface area contributed by atoms with E-state index in [1.807, 2.05) is 6.92 Å². The Balaban J connectivity index is 2.43. The number of anilines is 1. The van der Waals surface area contributed by atoms with Gasteiger partial charge in [0.25, 0.3) is 0 Å². The highest BCUT2D eigenvalue weighted by atomic mass is 79.9. The summed E-state index contributed by atoms with van der Waals surface area (Å²) >= 11 is 3.57. The van der Waals surface area contributed by atoms with Gasteiger partial charge in [0.2, 0.25) is 0 Å². The molecule has 1 aromatic rings. The molecule has 1 aromatic heterocycles. The smallest absolute Gasteiger partial charge is 0.160 e. The van der Waals surface area contributed by atoms with Crippen LogP contribution < -0.4 is 5.73 Å². The standard InChI is InChI=1S/C16H26BrN3O/c1-5-21-13(16(2,3)4)15-19-12(10-8-6-7-9-10)11(17)14(18)20-15/h10,13H,5-9H2,1-4H3,(H2,18,19,20). The second kappa shape index (κ2) is 6.61. The molecule has 1 aliphatic rings. The summed E-state index contributed by atoms with van der Waals surface area (Å²) in [6.07, 6.45) is 4.76. The van der Waals surface area contributed by atoms with Crippen LogP contribution in [0.4, 0.5) is 5.82 Å². The summed E-state index contributed by atoms with van der Waals surface area (Å²) < 4.78 is 6.77. The molecule has 1 fully saturated rings. The zero-order valence-corrected chi connectivity index (χ0v) is 15.0. The van der Waals surface area contributed by atoms with Crippen molar-refractivity contribution in [3.63, 3.8) is 0 Å². The molecule has 0 spiro atoms. The molecule has 0 aliphatic heterocycles. The third-order valence-corrected chi connectivity index (χ3v) is 4.83. The molecule has 118 valence electrons. The SMILES string of the molecule is CCOC(c1nc(N)c(Br)c(C2CCCC2)n1)C(C)(C)C. The molecule has 0 radical (unpaired) electrons. The highest BCUT2D eigenvalue weighted by Crippen LogP contribution is 2.41. The van der Waals surface area contributed by atoms with E-state index in [0.29, 0.717) is 24.2 Å². The minimum atomic E-state index is -0.141. The summed E-state index contributed by atoms with van der Waals surface area (Å²) in [4.78, 5) is 9.32. The van der Waals surface area contributed by atoms with Gasteiger partial charge in [0, 0.05) is 12.5 Å². The first-order valence-electron chi connectivity index (χ1n) is 7.79. The number of nitrogens with zero attached hydrogens (tertiary/aromatic N) is 2. The van der Waals surface area contributed by atoms with E-state index in [9.17, 15) is 0 Å². The molecular weight excluding hydrogens is 330 g/mol. The Morgan fingerprint density at radius 3 is 2.43 bits per heavy atom. The number of hydrogen-bond acceptors (Lipinski definition) is 4. The van der Waals surface area contributed by atoms with Gasteiger partial charge in [-0.05, 0) is 41.1 Å². The zero-order chi connectivity index (χ0) is 15.6. The van der Waals surface area contributed by atoms with E-state index in [2.05, 4.69) is 41.7 Å². The van der Waals surface area contributed by atoms with Crippen molar-refractivity contribution in [2.24, 2.45) is 5.41 Å². The van der Waals surface area contributed by atoms with E-state index >= 15 is 0 Å². The van der Waals surface area contributed by atoms with Crippen molar-refractivity contribution in [3.8, 4) is 0 Å². The summed E-state index contributed by atoms with van der Waals surface area (Å²) in [5.74, 6) is 1.73. The van der Waals surface area contributed by atoms with Gasteiger partial charge in [-0.3, -0.25) is 0 Å². The predicted octanol–water partition coefficient (Wildman–Crippen LogP) is 4.60. The molecule has 21 heavy (non-hydrogen) atoms. The van der Waals surface area contributed by atoms with E-state index in [0.717, 1.165) is 10.2 Å². The highest BCUT2D eigenvalue weighted by Gasteiger charge is 2.32. The summed E-state index contributed by atoms with van der Waals surface area (Å²) in [7, 11) is 0. The van der Waals surface area contributed by atoms with Crippen LogP contribution in [0.1, 0.15) is 76.9 Å². The van der Waals surface area contributed by atoms with Gasteiger partial charge >= 0.3 is 0 Å². The first-order valence-corrected chi connectivity index (χ1v) is 8.58. The number of halogens is 1. The van der Waals surface area contributed by atoms with Crippen molar-refractivity contribution in [3.05, 3.63) is 16.0 Å². The van der Waals surface area contributed by atoms with E-state index < -0.39 is 0 Å². The highest BCUT2D eigenvalue weighted by molar-refractivity contribution is 9.10. The number of nitrogens with two attached hydrogens (primary N) is 1. The Morgan fingerprint density at radius 1 is 1.29 bits per heavy atom. The molecule has 0 saturated heterocycles. The van der Waals surface area contributed by atoms with E-state index in [-0.39, 0.29) is 11.5 Å². The summed E-state index contributed by atoms with van der Waals surface area (Å²) in [5.41, 5.74) is 7.11. The Morgan fingerprint density at radius 2 is 1.90 bits per heavy atom. The fourth-order valence-electron chi connectivity index (χ4n) is 2.97. The average Bonchev–Trinajstić information content (AvgIpc) is 2.91. The Hall–Kier alpha value is -0.680. The maximum atomic E-state index is 6.11. The molecule has 0 aromatic carbocycles. The normalized spacial score (nSPS) is 18.1. The Bertz CT molecular complexity index is 493. The average molecular weight is 356 g/mol. The minimum absolute atomic E-state index is 0.0662. The molecule has 5 heteroatoms. The summed E-state index contributed by atoms with van der Waals surface area (Å²) in [5, 5.41) is 0. The lowest BCUT2D eigenvalue weighted by atomic mass is 9.88. The Labute approximate surface area is 136 Å². The van der Waals surface area contributed by atoms with Crippen LogP contribution in [-0.4, -0.2) is 16.6 Å². The molecule has 2 rings (SSSR count). The van der Waals surface area contributed by atoms with Crippen LogP contribution in [0, 0.1) is 5.41 Å². The van der Waals surface area contributed by atoms with E-state index in [4.69, 9.17) is 15.5 Å². The summed E-state index contributed by atoms with van der Waals surface area (Å²) in [6.45, 7) is 9.07. The third kappa shape index (κ3) is 3.75. The van der Waals surface area contributed by atoms with Crippen molar-refractivity contribution in [1.82, 2.24) is 9.97 Å². The zero-order valence-electron chi connectivity index (χ0n) is 13.4. The molecule has 1 heterocycles. The number of nitrogen functional groups attached to an aromatic ring is 1. The summed E-state index contributed by atoms with van der Waals surface area (Å²) in [6, 6.07) is 0. The molecule has 1 aliphatic carbocycles. The van der Waals surface area contributed by atoms with Gasteiger partial charge < -0.3 is 10.5 Å². The van der Waals surface area contributed by atoms with Gasteiger partial charge in [-0.1, -0.05) is 33.6 Å². The molecular formula is C16H26BrN3O. The largest absolute Gasteiger partial charge is 0.383 e. The van der Waals surface area contributed by atoms with Crippen LogP contribution in [0.15, 0.2) is 4.47 Å². The van der Waals surface area contributed by atoms with Crippen molar-refractivity contribution in [2.45, 2.75) is 65.4 Å². The lowest BCUT2D eigenvalue weighted by molar-refractivity contribution is -0.0192. The van der Waals surface area contributed by atoms with Gasteiger partial charge in [-0.25, -0.2) is 9.97 Å². The van der Waals surface area contributed by atoms with Crippen molar-refractivity contribution >= 4 is 21.7 Å². The molecule has 1 unspecified atom stereocenters. The number of ether oxygens (including phenoxy) is 1. The van der Waals surface area contributed by atoms with E-state index in [1.54, 1.807) is 0 Å². The first-order chi connectivity index (χ1) is 9.84. The van der Waals surface area contributed by atoms with Crippen LogP contribution in [-0.2, 0) is 4.74 Å². The lowest BCUT2D eigenvalue weighted by Crippen LogP contribution is -2.25. The second-order valence-corrected chi connectivity index (χ2v) is 7.64. The van der Waals surface area contributed by atoms with E-state index in [1.165, 1.54) is 25.7 Å². The van der Waals surface area contributed by atoms with Crippen molar-refractivity contribution < 1.29 is 4.74 Å². The van der Waals surface area contributed by atoms with Crippen LogP contribution >= 0.6 is 15.9 Å². The molecule has 1 atom stereocenters. The Kier molecular flexibility index (Phi) is 5.25. The van der Waals surface area contributed by atoms with Gasteiger partial charge in [-0.15, -0.1) is 0 Å². The maximum absolute atomic E-state index is 6.11. The lowest BCUT2D eigenvalue weighted by Gasteiger charge is -2.30. The predicted molar refractivity (Wildman–Crippen MR) is 89.2 cm³/mol. The molecule has 4 nitrogen and oxygen atoms in total. The van der Waals surface area contributed by atoms with Crippen LogP contribution in [0.25, 0.3) is 0 Å². The quantitative estimate of drug-likeness (QED) is 0.856. The van der Waals surface area contributed by atoms with Gasteiger partial charge in [0.15, 0.2) is 5.82 Å². The monoisotopic (exact) mass is 355 g/mol. The number of rotatable bonds is 4. The van der Waals surface area contributed by atoms with Gasteiger partial charge in [-0.2, -0.15) is 0 Å². The van der Waals surface area contributed by atoms with Crippen LogP contribution in [0.5, 0.6) is 0 Å². The third-order valence-electron chi connectivity index (χ3n) is 4.02. The van der Waals surface area contributed by atoms with Crippen molar-refractivity contribution in [1.29, 1.82) is 0 Å². The van der Waals surface area contributed by atoms with Gasteiger partial charge in [0.1, 0.15) is 11.9 Å². The van der Waals surface area contributed by atoms with Crippen LogP contribution in [0.2, 0.25) is 0 Å². The minimum Gasteiger partial charge on any atom is -0.383 e. The first kappa shape index (κ1) is 16.7. The maximum Gasteiger partial charge on any atom is 0.160 e. The topological polar surface area (TPSA) is 61.0 Å². The molecule has 0 bridgehead atoms. The number of aromatic nitrogens is 2. The fourth-order valence-corrected chi connectivity index (χ4v) is 3.47. The van der Waals surface area contributed by atoms with Gasteiger partial charge in [0.05, 0.1) is 10.2 Å². The second-order valence-electron chi connectivity index (χ2n) is 6.85. The fraction of sp³-hybridized carbons (Fsp3) is 0.750. The molecule has 2 N–H and O–H groups in total. The number of hydrogen-bond donors (Lipinski definition) is 1. The van der Waals surface area contributed by atoms with Crippen LogP contribution in [0.3, 0.4) is 0 Å². The van der Waals surface area contributed by atoms with Crippen molar-refractivity contribution in [2.75, 3.05) is 12.3 Å².